The fourth-order valence-electron chi connectivity index (χ4n) is 0.947. The largest absolute Gasteiger partial charge is 0.394 e. The molecule has 0 aliphatic heterocycles. The predicted octanol–water partition coefficient (Wildman–Crippen LogP) is 0.489. The van der Waals surface area contributed by atoms with Gasteiger partial charge in [-0.05, 0) is 6.42 Å². The van der Waals surface area contributed by atoms with Gasteiger partial charge in [-0.1, -0.05) is 19.8 Å². The summed E-state index contributed by atoms with van der Waals surface area (Å²) in [5.41, 5.74) is 0. The molecule has 0 spiro atoms. The number of carbonyl (C=O) groups excluding carboxylic acids is 2. The number of nitrogens with one attached hydrogen (secondary N) is 1. The molecular weight excluding hydrogens is 170 g/mol. The summed E-state index contributed by atoms with van der Waals surface area (Å²) in [6.45, 7) is 5.59. The Morgan fingerprint density at radius 1 is 1.54 bits per heavy atom. The average molecular weight is 189 g/mol. The molecule has 2 N–H and O–H groups in total. The van der Waals surface area contributed by atoms with Crippen LogP contribution in [0.4, 0.5) is 0 Å². The molecule has 1 atom stereocenters. The normalized spacial score (nSPS) is 11.0. The second-order valence-corrected chi connectivity index (χ2v) is 2.72. The summed E-state index contributed by atoms with van der Waals surface area (Å²) in [5.74, 6) is -0.0693. The van der Waals surface area contributed by atoms with Crippen LogP contribution in [0.2, 0.25) is 0 Å². The standard InChI is InChI=1S/C8H17NO2.CH2O/c1-3-4-5-8(6-10)9-7(2)11;1-2/h8,10H,3-6H2,1-2H3,(H,9,11);1H2. The Morgan fingerprint density at radius 3 is 2.38 bits per heavy atom. The van der Waals surface area contributed by atoms with Crippen molar-refractivity contribution in [2.75, 3.05) is 6.61 Å². The third kappa shape index (κ3) is 11.1. The zero-order valence-corrected chi connectivity index (χ0v) is 8.38. The molecule has 0 aromatic rings. The minimum absolute atomic E-state index is 0.0413. The third-order valence-corrected chi connectivity index (χ3v) is 1.53. The van der Waals surface area contributed by atoms with Crippen LogP contribution in [0.3, 0.4) is 0 Å². The van der Waals surface area contributed by atoms with Gasteiger partial charge in [0.1, 0.15) is 6.79 Å². The van der Waals surface area contributed by atoms with Gasteiger partial charge in [0.15, 0.2) is 0 Å². The quantitative estimate of drug-likeness (QED) is 0.661. The Morgan fingerprint density at radius 2 is 2.08 bits per heavy atom. The highest BCUT2D eigenvalue weighted by Gasteiger charge is 2.06. The van der Waals surface area contributed by atoms with Crippen LogP contribution < -0.4 is 5.32 Å². The summed E-state index contributed by atoms with van der Waals surface area (Å²) in [6.07, 6.45) is 3.01. The number of rotatable bonds is 5. The monoisotopic (exact) mass is 189 g/mol. The summed E-state index contributed by atoms with van der Waals surface area (Å²) >= 11 is 0. The molecule has 0 aromatic heterocycles. The van der Waals surface area contributed by atoms with Crippen LogP contribution in [0.5, 0.6) is 0 Å². The molecule has 78 valence electrons. The maximum absolute atomic E-state index is 10.6. The van der Waals surface area contributed by atoms with Crippen LogP contribution in [-0.4, -0.2) is 30.5 Å². The van der Waals surface area contributed by atoms with Gasteiger partial charge in [0, 0.05) is 6.92 Å². The first kappa shape index (κ1) is 14.6. The van der Waals surface area contributed by atoms with Crippen LogP contribution in [0, 0.1) is 0 Å². The van der Waals surface area contributed by atoms with E-state index in [1.807, 2.05) is 6.79 Å². The number of aliphatic hydroxyl groups excluding tert-OH is 1. The third-order valence-electron chi connectivity index (χ3n) is 1.53. The van der Waals surface area contributed by atoms with E-state index in [0.717, 1.165) is 19.3 Å². The summed E-state index contributed by atoms with van der Waals surface area (Å²) in [6, 6.07) is -0.0487. The molecule has 4 nitrogen and oxygen atoms in total. The summed E-state index contributed by atoms with van der Waals surface area (Å²) in [5, 5.41) is 11.5. The van der Waals surface area contributed by atoms with Gasteiger partial charge < -0.3 is 15.2 Å². The average Bonchev–Trinajstić information content (AvgIpc) is 2.15. The van der Waals surface area contributed by atoms with Crippen LogP contribution in [0.25, 0.3) is 0 Å². The Kier molecular flexibility index (Phi) is 12.5. The van der Waals surface area contributed by atoms with Gasteiger partial charge in [0.2, 0.25) is 5.91 Å². The molecule has 1 unspecified atom stereocenters. The van der Waals surface area contributed by atoms with Crippen LogP contribution >= 0.6 is 0 Å². The molecule has 0 rings (SSSR count). The molecule has 13 heavy (non-hydrogen) atoms. The maximum Gasteiger partial charge on any atom is 0.217 e. The summed E-state index contributed by atoms with van der Waals surface area (Å²) < 4.78 is 0. The second kappa shape index (κ2) is 11.1. The van der Waals surface area contributed by atoms with Crippen molar-refractivity contribution in [3.8, 4) is 0 Å². The van der Waals surface area contributed by atoms with Gasteiger partial charge in [-0.3, -0.25) is 4.79 Å². The predicted molar refractivity (Wildman–Crippen MR) is 51.3 cm³/mol. The fraction of sp³-hybridized carbons (Fsp3) is 0.778. The first-order valence-electron chi connectivity index (χ1n) is 4.37. The van der Waals surface area contributed by atoms with Crippen molar-refractivity contribution in [3.05, 3.63) is 0 Å². The van der Waals surface area contributed by atoms with Gasteiger partial charge in [-0.15, -0.1) is 0 Å². The fourth-order valence-corrected chi connectivity index (χ4v) is 0.947. The van der Waals surface area contributed by atoms with Crippen molar-refractivity contribution >= 4 is 12.7 Å². The van der Waals surface area contributed by atoms with E-state index in [0.29, 0.717) is 0 Å². The van der Waals surface area contributed by atoms with E-state index < -0.39 is 0 Å². The van der Waals surface area contributed by atoms with E-state index in [1.165, 1.54) is 6.92 Å². The van der Waals surface area contributed by atoms with Gasteiger partial charge in [-0.25, -0.2) is 0 Å². The van der Waals surface area contributed by atoms with Crippen molar-refractivity contribution < 1.29 is 14.7 Å². The molecule has 0 fully saturated rings. The summed E-state index contributed by atoms with van der Waals surface area (Å²) in [4.78, 5) is 18.6. The first-order valence-corrected chi connectivity index (χ1v) is 4.37. The van der Waals surface area contributed by atoms with E-state index in [-0.39, 0.29) is 18.6 Å². The lowest BCUT2D eigenvalue weighted by Crippen LogP contribution is -2.35. The molecule has 0 saturated heterocycles. The van der Waals surface area contributed by atoms with Crippen molar-refractivity contribution in [2.45, 2.75) is 39.2 Å². The Hall–Kier alpha value is -0.900. The highest BCUT2D eigenvalue weighted by molar-refractivity contribution is 5.73. The van der Waals surface area contributed by atoms with Crippen LogP contribution in [0.1, 0.15) is 33.1 Å². The molecule has 0 saturated carbocycles. The first-order chi connectivity index (χ1) is 6.20. The molecule has 0 bridgehead atoms. The highest BCUT2D eigenvalue weighted by atomic mass is 16.3. The number of unbranched alkanes of at least 4 members (excludes halogenated alkanes) is 1. The van der Waals surface area contributed by atoms with E-state index in [4.69, 9.17) is 9.90 Å². The maximum atomic E-state index is 10.6. The molecule has 0 aliphatic carbocycles. The van der Waals surface area contributed by atoms with Gasteiger partial charge in [0.25, 0.3) is 0 Å². The smallest absolute Gasteiger partial charge is 0.217 e. The Bertz CT molecular complexity index is 128. The van der Waals surface area contributed by atoms with Gasteiger partial charge in [0.05, 0.1) is 12.6 Å². The van der Waals surface area contributed by atoms with E-state index >= 15 is 0 Å². The van der Waals surface area contributed by atoms with Crippen LogP contribution in [0.15, 0.2) is 0 Å². The SMILES string of the molecule is C=O.CCCCC(CO)NC(C)=O. The molecular formula is C9H19NO3. The zero-order valence-electron chi connectivity index (χ0n) is 8.38. The van der Waals surface area contributed by atoms with Crippen molar-refractivity contribution in [3.63, 3.8) is 0 Å². The summed E-state index contributed by atoms with van der Waals surface area (Å²) in [7, 11) is 0. The van der Waals surface area contributed by atoms with Gasteiger partial charge in [-0.2, -0.15) is 0 Å². The van der Waals surface area contributed by atoms with Gasteiger partial charge >= 0.3 is 0 Å². The number of carbonyl (C=O) groups is 2. The van der Waals surface area contributed by atoms with E-state index in [9.17, 15) is 4.79 Å². The molecule has 0 aliphatic rings. The van der Waals surface area contributed by atoms with E-state index in [1.54, 1.807) is 0 Å². The molecule has 0 radical (unpaired) electrons. The zero-order chi connectivity index (χ0) is 10.7. The second-order valence-electron chi connectivity index (χ2n) is 2.72. The van der Waals surface area contributed by atoms with Crippen LogP contribution in [-0.2, 0) is 9.59 Å². The van der Waals surface area contributed by atoms with Crippen molar-refractivity contribution in [1.29, 1.82) is 0 Å². The molecule has 1 amide bonds. The van der Waals surface area contributed by atoms with Crippen molar-refractivity contribution in [2.24, 2.45) is 0 Å². The highest BCUT2D eigenvalue weighted by Crippen LogP contribution is 1.99. The minimum atomic E-state index is -0.0693. The van der Waals surface area contributed by atoms with E-state index in [2.05, 4.69) is 12.2 Å². The lowest BCUT2D eigenvalue weighted by molar-refractivity contribution is -0.120. The number of hydrogen-bond donors (Lipinski definition) is 2. The Labute approximate surface area is 79.3 Å². The number of aliphatic hydroxyl groups is 1. The molecule has 0 aromatic carbocycles. The Balaban J connectivity index is 0. The molecule has 0 heterocycles. The van der Waals surface area contributed by atoms with Crippen molar-refractivity contribution in [1.82, 2.24) is 5.32 Å². The minimum Gasteiger partial charge on any atom is -0.394 e. The molecule has 4 heteroatoms. The number of hydrogen-bond acceptors (Lipinski definition) is 3. The number of amides is 1. The lowest BCUT2D eigenvalue weighted by Gasteiger charge is -2.13. The lowest BCUT2D eigenvalue weighted by atomic mass is 10.1. The topological polar surface area (TPSA) is 66.4 Å².